The molecule has 15 heavy (non-hydrogen) atoms. The van der Waals surface area contributed by atoms with Crippen LogP contribution < -0.4 is 0 Å². The van der Waals surface area contributed by atoms with E-state index >= 15 is 0 Å². The van der Waals surface area contributed by atoms with Gasteiger partial charge in [0.25, 0.3) is 0 Å². The number of thiophene rings is 1. The van der Waals surface area contributed by atoms with Crippen LogP contribution >= 0.6 is 22.7 Å². The van der Waals surface area contributed by atoms with E-state index in [2.05, 4.69) is 4.98 Å². The topological polar surface area (TPSA) is 33.1 Å². The van der Waals surface area contributed by atoms with E-state index in [0.717, 1.165) is 20.5 Å². The smallest absolute Gasteiger partial charge is 0.134 e. The highest BCUT2D eigenvalue weighted by Crippen LogP contribution is 2.33. The summed E-state index contributed by atoms with van der Waals surface area (Å²) in [6.45, 7) is 3.74. The van der Waals surface area contributed by atoms with Crippen LogP contribution in [0.4, 0.5) is 0 Å². The largest absolute Gasteiger partial charge is 0.507 e. The van der Waals surface area contributed by atoms with Crippen molar-refractivity contribution in [3.63, 3.8) is 0 Å². The molecule has 0 aliphatic carbocycles. The molecule has 0 saturated carbocycles. The molecular formula is C11H11NOS2. The van der Waals surface area contributed by atoms with Gasteiger partial charge >= 0.3 is 0 Å². The number of aliphatic hydroxyl groups is 1. The Bertz CT molecular complexity index is 483. The number of hydrogen-bond acceptors (Lipinski definition) is 4. The van der Waals surface area contributed by atoms with E-state index in [0.29, 0.717) is 5.76 Å². The number of aromatic nitrogens is 1. The molecular weight excluding hydrogens is 226 g/mol. The average Bonchev–Trinajstić information content (AvgIpc) is 2.84. The maximum atomic E-state index is 9.66. The first-order valence-electron chi connectivity index (χ1n) is 4.59. The number of allylic oxidation sites excluding steroid dienone is 1. The third-order valence-corrected chi connectivity index (χ3v) is 4.25. The summed E-state index contributed by atoms with van der Waals surface area (Å²) in [6, 6.07) is 4.05. The molecule has 0 unspecified atom stereocenters. The fraction of sp³-hybridized carbons (Fsp3) is 0.182. The molecule has 2 rings (SSSR count). The number of aliphatic hydroxyl groups excluding tert-OH is 1. The molecule has 4 heteroatoms. The van der Waals surface area contributed by atoms with Crippen LogP contribution in [0.3, 0.4) is 0 Å². The van der Waals surface area contributed by atoms with Crippen molar-refractivity contribution in [2.45, 2.75) is 13.8 Å². The quantitative estimate of drug-likeness (QED) is 0.798. The van der Waals surface area contributed by atoms with E-state index in [4.69, 9.17) is 0 Å². The first-order chi connectivity index (χ1) is 7.22. The maximum Gasteiger partial charge on any atom is 0.134 e. The van der Waals surface area contributed by atoms with Gasteiger partial charge in [0.1, 0.15) is 10.8 Å². The SMILES string of the molecule is C/C=C(/O)c1sc(-c2cccs2)nc1C. The van der Waals surface area contributed by atoms with E-state index in [1.807, 2.05) is 31.4 Å². The number of rotatable bonds is 2. The van der Waals surface area contributed by atoms with Gasteiger partial charge in [0.15, 0.2) is 0 Å². The van der Waals surface area contributed by atoms with E-state index in [-0.39, 0.29) is 0 Å². The molecule has 0 aliphatic rings. The van der Waals surface area contributed by atoms with Gasteiger partial charge in [-0.1, -0.05) is 6.07 Å². The molecule has 0 aromatic carbocycles. The molecule has 0 fully saturated rings. The lowest BCUT2D eigenvalue weighted by Gasteiger charge is -1.93. The first-order valence-corrected chi connectivity index (χ1v) is 6.29. The molecule has 2 nitrogen and oxygen atoms in total. The Kier molecular flexibility index (Phi) is 2.88. The van der Waals surface area contributed by atoms with Crippen LogP contribution in [0.2, 0.25) is 0 Å². The Morgan fingerprint density at radius 1 is 1.53 bits per heavy atom. The third-order valence-electron chi connectivity index (χ3n) is 2.03. The minimum Gasteiger partial charge on any atom is -0.507 e. The van der Waals surface area contributed by atoms with Crippen molar-refractivity contribution in [2.75, 3.05) is 0 Å². The van der Waals surface area contributed by atoms with Crippen LogP contribution in [0.25, 0.3) is 15.6 Å². The van der Waals surface area contributed by atoms with Gasteiger partial charge in [-0.05, 0) is 31.4 Å². The highest BCUT2D eigenvalue weighted by atomic mass is 32.1. The molecule has 1 N–H and O–H groups in total. The van der Waals surface area contributed by atoms with Gasteiger partial charge < -0.3 is 5.11 Å². The van der Waals surface area contributed by atoms with Gasteiger partial charge in [0.2, 0.25) is 0 Å². The van der Waals surface area contributed by atoms with Crippen molar-refractivity contribution in [1.82, 2.24) is 4.98 Å². The molecule has 0 saturated heterocycles. The van der Waals surface area contributed by atoms with Gasteiger partial charge in [-0.15, -0.1) is 22.7 Å². The number of thiazole rings is 1. The van der Waals surface area contributed by atoms with Gasteiger partial charge in [-0.3, -0.25) is 0 Å². The molecule has 2 aromatic heterocycles. The van der Waals surface area contributed by atoms with E-state index < -0.39 is 0 Å². The highest BCUT2D eigenvalue weighted by molar-refractivity contribution is 7.21. The Morgan fingerprint density at radius 3 is 2.93 bits per heavy atom. The summed E-state index contributed by atoms with van der Waals surface area (Å²) in [4.78, 5) is 6.46. The maximum absolute atomic E-state index is 9.66. The predicted octanol–water partition coefficient (Wildman–Crippen LogP) is 4.10. The predicted molar refractivity (Wildman–Crippen MR) is 66.4 cm³/mol. The lowest BCUT2D eigenvalue weighted by atomic mass is 10.3. The Morgan fingerprint density at radius 2 is 2.33 bits per heavy atom. The molecule has 0 atom stereocenters. The van der Waals surface area contributed by atoms with E-state index in [1.54, 1.807) is 17.4 Å². The number of hydrogen-bond donors (Lipinski definition) is 1. The minimum atomic E-state index is 0.313. The summed E-state index contributed by atoms with van der Waals surface area (Å²) in [5.74, 6) is 0.313. The van der Waals surface area contributed by atoms with Crippen molar-refractivity contribution in [2.24, 2.45) is 0 Å². The number of aryl methyl sites for hydroxylation is 1. The molecule has 2 heterocycles. The van der Waals surface area contributed by atoms with Gasteiger partial charge in [0, 0.05) is 0 Å². The summed E-state index contributed by atoms with van der Waals surface area (Å²) >= 11 is 3.20. The van der Waals surface area contributed by atoms with Crippen molar-refractivity contribution >= 4 is 28.4 Å². The second-order valence-corrected chi connectivity index (χ2v) is 5.03. The summed E-state index contributed by atoms with van der Waals surface area (Å²) in [5, 5.41) is 12.7. The van der Waals surface area contributed by atoms with Crippen molar-refractivity contribution < 1.29 is 5.11 Å². The monoisotopic (exact) mass is 237 g/mol. The third kappa shape index (κ3) is 1.96. The normalized spacial score (nSPS) is 12.0. The first kappa shape index (κ1) is 10.4. The molecule has 78 valence electrons. The lowest BCUT2D eigenvalue weighted by molar-refractivity contribution is 0.512. The van der Waals surface area contributed by atoms with Crippen LogP contribution in [-0.2, 0) is 0 Å². The van der Waals surface area contributed by atoms with Crippen LogP contribution in [0.5, 0.6) is 0 Å². The highest BCUT2D eigenvalue weighted by Gasteiger charge is 2.12. The molecule has 0 radical (unpaired) electrons. The van der Waals surface area contributed by atoms with Crippen LogP contribution in [0.15, 0.2) is 23.6 Å². The summed E-state index contributed by atoms with van der Waals surface area (Å²) < 4.78 is 0. The van der Waals surface area contributed by atoms with E-state index in [9.17, 15) is 5.11 Å². The van der Waals surface area contributed by atoms with Crippen LogP contribution in [0.1, 0.15) is 17.5 Å². The standard InChI is InChI=1S/C11H11NOS2/c1-3-8(13)10-7(2)12-11(15-10)9-5-4-6-14-9/h3-6,13H,1-2H3/b8-3+. The zero-order valence-electron chi connectivity index (χ0n) is 8.52. The zero-order chi connectivity index (χ0) is 10.8. The fourth-order valence-electron chi connectivity index (χ4n) is 1.27. The van der Waals surface area contributed by atoms with Crippen molar-refractivity contribution in [3.05, 3.63) is 34.2 Å². The lowest BCUT2D eigenvalue weighted by Crippen LogP contribution is -1.80. The van der Waals surface area contributed by atoms with Gasteiger partial charge in [-0.25, -0.2) is 4.98 Å². The minimum absolute atomic E-state index is 0.313. The second-order valence-electron chi connectivity index (χ2n) is 3.08. The molecule has 0 aliphatic heterocycles. The van der Waals surface area contributed by atoms with Gasteiger partial charge in [-0.2, -0.15) is 0 Å². The molecule has 0 bridgehead atoms. The molecule has 2 aromatic rings. The average molecular weight is 237 g/mol. The molecule has 0 amide bonds. The van der Waals surface area contributed by atoms with Crippen molar-refractivity contribution in [3.8, 4) is 9.88 Å². The second kappa shape index (κ2) is 4.16. The fourth-order valence-corrected chi connectivity index (χ4v) is 3.11. The van der Waals surface area contributed by atoms with Crippen LogP contribution in [0, 0.1) is 6.92 Å². The Balaban J connectivity index is 2.46. The van der Waals surface area contributed by atoms with Crippen LogP contribution in [-0.4, -0.2) is 10.1 Å². The summed E-state index contributed by atoms with van der Waals surface area (Å²) in [6.07, 6.45) is 1.69. The number of nitrogens with zero attached hydrogens (tertiary/aromatic N) is 1. The molecule has 0 spiro atoms. The van der Waals surface area contributed by atoms with Gasteiger partial charge in [0.05, 0.1) is 15.4 Å². The van der Waals surface area contributed by atoms with Crippen molar-refractivity contribution in [1.29, 1.82) is 0 Å². The summed E-state index contributed by atoms with van der Waals surface area (Å²) in [5.41, 5.74) is 0.888. The zero-order valence-corrected chi connectivity index (χ0v) is 10.2. The van der Waals surface area contributed by atoms with E-state index in [1.165, 1.54) is 11.3 Å². The summed E-state index contributed by atoms with van der Waals surface area (Å²) in [7, 11) is 0. The Labute approximate surface area is 96.6 Å². The Hall–Kier alpha value is -1.13.